The quantitative estimate of drug-likeness (QED) is 0.642. The molecule has 0 heterocycles. The molecular weight excluding hydrogens is 307 g/mol. The van der Waals surface area contributed by atoms with E-state index < -0.39 is 6.09 Å². The van der Waals surface area contributed by atoms with Crippen LogP contribution in [0.2, 0.25) is 0 Å². The summed E-state index contributed by atoms with van der Waals surface area (Å²) in [5.74, 6) is 0.279. The second kappa shape index (κ2) is 8.65. The molecule has 1 rings (SSSR count). The van der Waals surface area contributed by atoms with Crippen molar-refractivity contribution >= 4 is 26.4 Å². The molecule has 0 saturated heterocycles. The van der Waals surface area contributed by atoms with Crippen LogP contribution in [-0.4, -0.2) is 39.0 Å². The number of carbonyl (C=O) groups is 1. The van der Waals surface area contributed by atoms with Crippen LogP contribution < -0.4 is 5.32 Å². The first-order chi connectivity index (χ1) is 9.13. The van der Waals surface area contributed by atoms with E-state index in [0.29, 0.717) is 6.54 Å². The molecule has 1 aromatic carbocycles. The molecule has 1 amide bonds. The molecule has 1 atom stereocenters. The molecule has 19 heavy (non-hydrogen) atoms. The summed E-state index contributed by atoms with van der Waals surface area (Å²) < 4.78 is 7.76. The molecule has 0 aliphatic rings. The Bertz CT molecular complexity index is 442. The molecule has 0 spiro atoms. The summed E-state index contributed by atoms with van der Waals surface area (Å²) in [6.07, 6.45) is -0.419. The van der Waals surface area contributed by atoms with E-state index in [0.717, 1.165) is 5.56 Å². The molecule has 4 nitrogen and oxygen atoms in total. The minimum absolute atomic E-state index is 0.0517. The van der Waals surface area contributed by atoms with Gasteiger partial charge in [0.1, 0.15) is 0 Å². The van der Waals surface area contributed by atoms with Gasteiger partial charge in [0.05, 0.1) is 0 Å². The second-order valence-electron chi connectivity index (χ2n) is 4.49. The SMILES string of the molecule is CC(C)[C@@H](CN=C=[Se])NC(=O)OCc1ccccc1. The number of hydrogen-bond donors (Lipinski definition) is 1. The van der Waals surface area contributed by atoms with Crippen LogP contribution in [0, 0.1) is 5.92 Å². The molecular formula is C14H18N2O2Se. The molecule has 0 saturated carbocycles. The zero-order valence-corrected chi connectivity index (χ0v) is 12.8. The molecule has 0 aliphatic heterocycles. The Labute approximate surface area is 121 Å². The minimum atomic E-state index is -0.419. The van der Waals surface area contributed by atoms with Crippen molar-refractivity contribution in [1.82, 2.24) is 5.32 Å². The number of alkyl carbamates (subject to hydrolysis) is 1. The number of nitrogens with zero attached hydrogens (tertiary/aromatic N) is 1. The molecule has 0 aliphatic carbocycles. The predicted octanol–water partition coefficient (Wildman–Crippen LogP) is 2.01. The summed E-state index contributed by atoms with van der Waals surface area (Å²) in [5, 5.41) is 2.81. The van der Waals surface area contributed by atoms with Gasteiger partial charge in [-0.25, -0.2) is 0 Å². The zero-order valence-electron chi connectivity index (χ0n) is 11.1. The third-order valence-electron chi connectivity index (χ3n) is 2.67. The number of ether oxygens (including phenoxy) is 1. The molecule has 0 aromatic heterocycles. The first-order valence-electron chi connectivity index (χ1n) is 6.14. The van der Waals surface area contributed by atoms with Gasteiger partial charge in [-0.15, -0.1) is 0 Å². The summed E-state index contributed by atoms with van der Waals surface area (Å²) in [4.78, 5) is 15.7. The number of nitrogens with one attached hydrogen (secondary N) is 1. The van der Waals surface area contributed by atoms with Crippen molar-refractivity contribution in [3.63, 3.8) is 0 Å². The molecule has 0 unspecified atom stereocenters. The van der Waals surface area contributed by atoms with Crippen LogP contribution in [-0.2, 0) is 11.3 Å². The van der Waals surface area contributed by atoms with Crippen molar-refractivity contribution in [2.75, 3.05) is 6.54 Å². The predicted molar refractivity (Wildman–Crippen MR) is 76.4 cm³/mol. The summed E-state index contributed by atoms with van der Waals surface area (Å²) >= 11 is 2.58. The molecule has 1 aromatic rings. The summed E-state index contributed by atoms with van der Waals surface area (Å²) in [6, 6.07) is 9.53. The zero-order chi connectivity index (χ0) is 14.1. The van der Waals surface area contributed by atoms with Crippen LogP contribution in [0.1, 0.15) is 19.4 Å². The van der Waals surface area contributed by atoms with Gasteiger partial charge in [-0.2, -0.15) is 0 Å². The number of amides is 1. The third-order valence-corrected chi connectivity index (χ3v) is 2.94. The van der Waals surface area contributed by atoms with Crippen LogP contribution >= 0.6 is 0 Å². The molecule has 1 N–H and O–H groups in total. The van der Waals surface area contributed by atoms with Crippen molar-refractivity contribution in [1.29, 1.82) is 0 Å². The summed E-state index contributed by atoms with van der Waals surface area (Å²) in [5.41, 5.74) is 0.966. The van der Waals surface area contributed by atoms with E-state index in [1.165, 1.54) is 0 Å². The third kappa shape index (κ3) is 6.35. The summed E-state index contributed by atoms with van der Waals surface area (Å²) in [7, 11) is 0. The Balaban J connectivity index is 2.42. The number of aliphatic imine (C=N–C) groups is 1. The Kier molecular flexibility index (Phi) is 7.12. The van der Waals surface area contributed by atoms with Crippen LogP contribution in [0.15, 0.2) is 35.3 Å². The van der Waals surface area contributed by atoms with E-state index in [2.05, 4.69) is 30.6 Å². The van der Waals surface area contributed by atoms with E-state index in [-0.39, 0.29) is 18.6 Å². The van der Waals surface area contributed by atoms with Gasteiger partial charge in [0.15, 0.2) is 0 Å². The number of hydrogen-bond acceptors (Lipinski definition) is 3. The van der Waals surface area contributed by atoms with Crippen LogP contribution in [0.3, 0.4) is 0 Å². The van der Waals surface area contributed by atoms with Crippen LogP contribution in [0.4, 0.5) is 4.79 Å². The number of carbonyl (C=O) groups excluding carboxylic acids is 1. The van der Waals surface area contributed by atoms with Gasteiger partial charge in [-0.3, -0.25) is 0 Å². The van der Waals surface area contributed by atoms with Crippen LogP contribution in [0.5, 0.6) is 0 Å². The van der Waals surface area contributed by atoms with E-state index in [4.69, 9.17) is 4.74 Å². The van der Waals surface area contributed by atoms with Gasteiger partial charge in [0, 0.05) is 0 Å². The maximum atomic E-state index is 11.7. The maximum absolute atomic E-state index is 11.7. The van der Waals surface area contributed by atoms with Gasteiger partial charge < -0.3 is 0 Å². The van der Waals surface area contributed by atoms with Gasteiger partial charge in [-0.05, 0) is 0 Å². The standard InChI is InChI=1S/C14H18N2O2Se/c1-11(2)13(8-15-10-19)16-14(17)18-9-12-6-4-3-5-7-12/h3-7,11,13H,8-9H2,1-2H3,(H,16,17)/t13-/m1/s1. The Morgan fingerprint density at radius 1 is 1.42 bits per heavy atom. The Morgan fingerprint density at radius 3 is 2.68 bits per heavy atom. The monoisotopic (exact) mass is 326 g/mol. The van der Waals surface area contributed by atoms with E-state index >= 15 is 0 Å². The summed E-state index contributed by atoms with van der Waals surface area (Å²) in [6.45, 7) is 4.81. The Morgan fingerprint density at radius 2 is 2.11 bits per heavy atom. The first-order valence-corrected chi connectivity index (χ1v) is 7.00. The Hall–Kier alpha value is -1.41. The van der Waals surface area contributed by atoms with Gasteiger partial charge in [0.25, 0.3) is 0 Å². The first kappa shape index (κ1) is 15.6. The van der Waals surface area contributed by atoms with Crippen molar-refractivity contribution in [2.24, 2.45) is 10.9 Å². The topological polar surface area (TPSA) is 50.7 Å². The van der Waals surface area contributed by atoms with Gasteiger partial charge >= 0.3 is 121 Å². The van der Waals surface area contributed by atoms with E-state index in [1.54, 1.807) is 0 Å². The second-order valence-corrected chi connectivity index (χ2v) is 4.87. The average molecular weight is 325 g/mol. The fourth-order valence-electron chi connectivity index (χ4n) is 1.47. The normalized spacial score (nSPS) is 11.5. The molecule has 0 bridgehead atoms. The van der Waals surface area contributed by atoms with Gasteiger partial charge in [0.2, 0.25) is 0 Å². The van der Waals surface area contributed by atoms with Crippen molar-refractivity contribution < 1.29 is 9.53 Å². The average Bonchev–Trinajstić information content (AvgIpc) is 2.42. The van der Waals surface area contributed by atoms with Crippen LogP contribution in [0.25, 0.3) is 0 Å². The molecule has 102 valence electrons. The molecule has 5 heteroatoms. The van der Waals surface area contributed by atoms with Gasteiger partial charge in [-0.1, -0.05) is 0 Å². The number of benzene rings is 1. The molecule has 0 fully saturated rings. The number of rotatable bonds is 6. The van der Waals surface area contributed by atoms with Crippen molar-refractivity contribution in [3.8, 4) is 0 Å². The van der Waals surface area contributed by atoms with E-state index in [9.17, 15) is 4.79 Å². The molecule has 0 radical (unpaired) electrons. The van der Waals surface area contributed by atoms with E-state index in [1.807, 2.05) is 44.2 Å². The van der Waals surface area contributed by atoms with Crippen molar-refractivity contribution in [2.45, 2.75) is 26.5 Å². The van der Waals surface area contributed by atoms with Crippen molar-refractivity contribution in [3.05, 3.63) is 35.9 Å². The fourth-order valence-corrected chi connectivity index (χ4v) is 1.63. The fraction of sp³-hybridized carbons (Fsp3) is 0.429.